The molecule has 2 aromatic carbocycles. The average molecular weight is 307 g/mol. The third kappa shape index (κ3) is 3.11. The van der Waals surface area contributed by atoms with Crippen LogP contribution in [0.5, 0.6) is 0 Å². The lowest BCUT2D eigenvalue weighted by atomic mass is 10.1. The number of amides is 1. The van der Waals surface area contributed by atoms with Crippen molar-refractivity contribution in [2.24, 2.45) is 0 Å². The van der Waals surface area contributed by atoms with Gasteiger partial charge in [-0.2, -0.15) is 0 Å². The summed E-state index contributed by atoms with van der Waals surface area (Å²) < 4.78 is 1.88. The fraction of sp³-hybridized carbons (Fsp3) is 0. The van der Waals surface area contributed by atoms with Crippen LogP contribution in [0, 0.1) is 10.1 Å². The number of para-hydroxylation sites is 2. The molecule has 1 heterocycles. The van der Waals surface area contributed by atoms with Crippen LogP contribution in [0.2, 0.25) is 0 Å². The van der Waals surface area contributed by atoms with E-state index in [2.05, 4.69) is 5.32 Å². The van der Waals surface area contributed by atoms with Crippen molar-refractivity contribution in [3.63, 3.8) is 0 Å². The molecule has 0 spiro atoms. The standard InChI is InChI=1S/C17H13N3O3/c21-17(13-6-5-7-14(12-13)20(22)23)18-15-8-1-2-9-16(15)19-10-3-4-11-19/h1-12H,(H,18,21). The molecule has 0 aliphatic rings. The summed E-state index contributed by atoms with van der Waals surface area (Å²) in [6.45, 7) is 0. The van der Waals surface area contributed by atoms with Crippen molar-refractivity contribution in [1.29, 1.82) is 0 Å². The number of nitro benzene ring substituents is 1. The lowest BCUT2D eigenvalue weighted by Crippen LogP contribution is -2.13. The minimum Gasteiger partial charge on any atom is -0.322 e. The van der Waals surface area contributed by atoms with Gasteiger partial charge in [-0.1, -0.05) is 18.2 Å². The molecule has 3 aromatic rings. The number of nitrogens with one attached hydrogen (secondary N) is 1. The van der Waals surface area contributed by atoms with Crippen LogP contribution in [0.4, 0.5) is 11.4 Å². The highest BCUT2D eigenvalue weighted by atomic mass is 16.6. The number of non-ortho nitro benzene ring substituents is 1. The Morgan fingerprint density at radius 2 is 1.74 bits per heavy atom. The number of nitro groups is 1. The molecule has 6 heteroatoms. The number of carbonyl (C=O) groups is 1. The van der Waals surface area contributed by atoms with Crippen molar-refractivity contribution in [3.8, 4) is 5.69 Å². The molecular weight excluding hydrogens is 294 g/mol. The van der Waals surface area contributed by atoms with Crippen LogP contribution in [0.25, 0.3) is 5.69 Å². The molecule has 0 atom stereocenters. The van der Waals surface area contributed by atoms with E-state index in [1.807, 2.05) is 47.3 Å². The summed E-state index contributed by atoms with van der Waals surface area (Å²) in [5.41, 5.74) is 1.56. The lowest BCUT2D eigenvalue weighted by molar-refractivity contribution is -0.384. The Bertz CT molecular complexity index is 857. The molecule has 0 saturated heterocycles. The van der Waals surface area contributed by atoms with Gasteiger partial charge < -0.3 is 9.88 Å². The Morgan fingerprint density at radius 1 is 1.00 bits per heavy atom. The highest BCUT2D eigenvalue weighted by molar-refractivity contribution is 6.05. The van der Waals surface area contributed by atoms with Crippen molar-refractivity contribution in [1.82, 2.24) is 4.57 Å². The number of carbonyl (C=O) groups excluding carboxylic acids is 1. The van der Waals surface area contributed by atoms with E-state index < -0.39 is 10.8 Å². The van der Waals surface area contributed by atoms with E-state index in [4.69, 9.17) is 0 Å². The van der Waals surface area contributed by atoms with E-state index in [0.717, 1.165) is 5.69 Å². The number of benzene rings is 2. The molecule has 0 aliphatic heterocycles. The van der Waals surface area contributed by atoms with Crippen molar-refractivity contribution in [2.45, 2.75) is 0 Å². The van der Waals surface area contributed by atoms with Gasteiger partial charge in [-0.3, -0.25) is 14.9 Å². The van der Waals surface area contributed by atoms with Gasteiger partial charge in [0.05, 0.1) is 16.3 Å². The third-order valence-electron chi connectivity index (χ3n) is 3.35. The minimum atomic E-state index is -0.523. The van der Waals surface area contributed by atoms with Gasteiger partial charge in [0, 0.05) is 30.1 Å². The second-order valence-electron chi connectivity index (χ2n) is 4.87. The Labute approximate surface area is 132 Å². The van der Waals surface area contributed by atoms with Crippen LogP contribution < -0.4 is 5.32 Å². The molecule has 0 aliphatic carbocycles. The average Bonchev–Trinajstić information content (AvgIpc) is 3.09. The molecular formula is C17H13N3O3. The van der Waals surface area contributed by atoms with E-state index in [-0.39, 0.29) is 11.3 Å². The van der Waals surface area contributed by atoms with E-state index in [9.17, 15) is 14.9 Å². The van der Waals surface area contributed by atoms with Gasteiger partial charge in [-0.15, -0.1) is 0 Å². The summed E-state index contributed by atoms with van der Waals surface area (Å²) in [5.74, 6) is -0.395. The lowest BCUT2D eigenvalue weighted by Gasteiger charge is -2.12. The van der Waals surface area contributed by atoms with E-state index in [0.29, 0.717) is 5.69 Å². The number of rotatable bonds is 4. The predicted molar refractivity (Wildman–Crippen MR) is 86.8 cm³/mol. The van der Waals surface area contributed by atoms with Crippen molar-refractivity contribution < 1.29 is 9.72 Å². The SMILES string of the molecule is O=C(Nc1ccccc1-n1cccc1)c1cccc([N+](=O)[O-])c1. The highest BCUT2D eigenvalue weighted by Gasteiger charge is 2.13. The second kappa shape index (κ2) is 6.15. The third-order valence-corrected chi connectivity index (χ3v) is 3.35. The Kier molecular flexibility index (Phi) is 3.88. The maximum absolute atomic E-state index is 12.4. The summed E-state index contributed by atoms with van der Waals surface area (Å²) in [4.78, 5) is 22.7. The highest BCUT2D eigenvalue weighted by Crippen LogP contribution is 2.21. The van der Waals surface area contributed by atoms with Gasteiger partial charge in [0.15, 0.2) is 0 Å². The van der Waals surface area contributed by atoms with Gasteiger partial charge in [-0.25, -0.2) is 0 Å². The molecule has 1 amide bonds. The molecule has 6 nitrogen and oxygen atoms in total. The molecule has 3 rings (SSSR count). The predicted octanol–water partition coefficient (Wildman–Crippen LogP) is 3.64. The summed E-state index contributed by atoms with van der Waals surface area (Å²) >= 11 is 0. The molecule has 0 radical (unpaired) electrons. The molecule has 1 N–H and O–H groups in total. The summed E-state index contributed by atoms with van der Waals surface area (Å²) in [7, 11) is 0. The molecule has 0 unspecified atom stereocenters. The fourth-order valence-corrected chi connectivity index (χ4v) is 2.25. The topological polar surface area (TPSA) is 77.2 Å². The van der Waals surface area contributed by atoms with Gasteiger partial charge in [0.1, 0.15) is 0 Å². The van der Waals surface area contributed by atoms with E-state index >= 15 is 0 Å². The smallest absolute Gasteiger partial charge is 0.270 e. The van der Waals surface area contributed by atoms with Crippen LogP contribution >= 0.6 is 0 Å². The number of anilines is 1. The van der Waals surface area contributed by atoms with Gasteiger partial charge in [-0.05, 0) is 30.3 Å². The first-order chi connectivity index (χ1) is 11.1. The summed E-state index contributed by atoms with van der Waals surface area (Å²) in [5, 5.41) is 13.6. The Balaban J connectivity index is 1.89. The van der Waals surface area contributed by atoms with Crippen molar-refractivity contribution in [2.75, 3.05) is 5.32 Å². The van der Waals surface area contributed by atoms with Gasteiger partial charge in [0.2, 0.25) is 0 Å². The fourth-order valence-electron chi connectivity index (χ4n) is 2.25. The number of hydrogen-bond donors (Lipinski definition) is 1. The largest absolute Gasteiger partial charge is 0.322 e. The number of nitrogens with zero attached hydrogens (tertiary/aromatic N) is 2. The summed E-state index contributed by atoms with van der Waals surface area (Å²) in [6, 6.07) is 16.8. The first kappa shape index (κ1) is 14.5. The van der Waals surface area contributed by atoms with E-state index in [1.54, 1.807) is 12.1 Å². The monoisotopic (exact) mass is 307 g/mol. The maximum Gasteiger partial charge on any atom is 0.270 e. The number of aromatic nitrogens is 1. The normalized spacial score (nSPS) is 10.3. The van der Waals surface area contributed by atoms with Gasteiger partial charge in [0.25, 0.3) is 11.6 Å². The molecule has 114 valence electrons. The first-order valence-electron chi connectivity index (χ1n) is 6.93. The zero-order valence-electron chi connectivity index (χ0n) is 12.0. The minimum absolute atomic E-state index is 0.114. The van der Waals surface area contributed by atoms with Crippen LogP contribution in [-0.4, -0.2) is 15.4 Å². The first-order valence-corrected chi connectivity index (χ1v) is 6.93. The van der Waals surface area contributed by atoms with Crippen LogP contribution in [0.1, 0.15) is 10.4 Å². The zero-order valence-corrected chi connectivity index (χ0v) is 12.0. The molecule has 23 heavy (non-hydrogen) atoms. The molecule has 0 bridgehead atoms. The van der Waals surface area contributed by atoms with Crippen LogP contribution in [-0.2, 0) is 0 Å². The van der Waals surface area contributed by atoms with Crippen molar-refractivity contribution in [3.05, 3.63) is 88.7 Å². The van der Waals surface area contributed by atoms with Crippen LogP contribution in [0.15, 0.2) is 73.1 Å². The second-order valence-corrected chi connectivity index (χ2v) is 4.87. The van der Waals surface area contributed by atoms with Crippen LogP contribution in [0.3, 0.4) is 0 Å². The molecule has 1 aromatic heterocycles. The van der Waals surface area contributed by atoms with Crippen molar-refractivity contribution >= 4 is 17.3 Å². The Morgan fingerprint density at radius 3 is 2.48 bits per heavy atom. The zero-order chi connectivity index (χ0) is 16.2. The van der Waals surface area contributed by atoms with E-state index in [1.165, 1.54) is 18.2 Å². The molecule has 0 saturated carbocycles. The quantitative estimate of drug-likeness (QED) is 0.590. The summed E-state index contributed by atoms with van der Waals surface area (Å²) in [6.07, 6.45) is 3.75. The number of hydrogen-bond acceptors (Lipinski definition) is 3. The van der Waals surface area contributed by atoms with Gasteiger partial charge >= 0.3 is 0 Å². The maximum atomic E-state index is 12.4. The Hall–Kier alpha value is -3.41. The molecule has 0 fully saturated rings.